The maximum absolute atomic E-state index is 13.3. The highest BCUT2D eigenvalue weighted by atomic mass is 35.5. The molecule has 0 spiro atoms. The van der Waals surface area contributed by atoms with E-state index in [1.807, 2.05) is 12.1 Å². The normalized spacial score (nSPS) is 10.6. The van der Waals surface area contributed by atoms with Gasteiger partial charge in [-0.15, -0.1) is 0 Å². The molecule has 5 nitrogen and oxygen atoms in total. The van der Waals surface area contributed by atoms with Crippen LogP contribution < -0.4 is 5.32 Å². The summed E-state index contributed by atoms with van der Waals surface area (Å²) in [4.78, 5) is 8.13. The molecule has 3 rings (SSSR count). The fourth-order valence-corrected chi connectivity index (χ4v) is 1.92. The van der Waals surface area contributed by atoms with E-state index in [1.165, 1.54) is 12.4 Å². The lowest BCUT2D eigenvalue weighted by Gasteiger charge is -2.07. The number of benzene rings is 1. The van der Waals surface area contributed by atoms with E-state index in [2.05, 4.69) is 20.4 Å². The Morgan fingerprint density at radius 1 is 1.24 bits per heavy atom. The highest BCUT2D eigenvalue weighted by Gasteiger charge is 2.02. The number of rotatable bonds is 4. The average molecular weight is 304 g/mol. The maximum atomic E-state index is 13.3. The minimum Gasteiger partial charge on any atom is -0.380 e. The van der Waals surface area contributed by atoms with Crippen LogP contribution in [0.3, 0.4) is 0 Å². The zero-order valence-corrected chi connectivity index (χ0v) is 11.6. The van der Waals surface area contributed by atoms with Crippen molar-refractivity contribution in [2.45, 2.75) is 6.54 Å². The van der Waals surface area contributed by atoms with Crippen LogP contribution in [0, 0.1) is 5.82 Å². The van der Waals surface area contributed by atoms with Gasteiger partial charge in [0.05, 0.1) is 16.9 Å². The van der Waals surface area contributed by atoms with Gasteiger partial charge in [0.25, 0.3) is 0 Å². The Morgan fingerprint density at radius 3 is 2.81 bits per heavy atom. The first-order valence-electron chi connectivity index (χ1n) is 6.21. The first-order valence-corrected chi connectivity index (χ1v) is 6.59. The van der Waals surface area contributed by atoms with Crippen LogP contribution in [0.2, 0.25) is 5.02 Å². The summed E-state index contributed by atoms with van der Waals surface area (Å²) in [5.41, 5.74) is 1.63. The van der Waals surface area contributed by atoms with Crippen molar-refractivity contribution >= 4 is 17.3 Å². The Labute approximate surface area is 125 Å². The number of hydrogen-bond acceptors (Lipinski definition) is 4. The van der Waals surface area contributed by atoms with Crippen LogP contribution in [-0.4, -0.2) is 19.7 Å². The molecule has 0 atom stereocenters. The largest absolute Gasteiger partial charge is 0.380 e. The van der Waals surface area contributed by atoms with Crippen molar-refractivity contribution in [3.8, 4) is 5.82 Å². The molecule has 2 heterocycles. The minimum atomic E-state index is -0.421. The molecular weight excluding hydrogens is 293 g/mol. The van der Waals surface area contributed by atoms with Crippen molar-refractivity contribution in [1.82, 2.24) is 19.7 Å². The smallest absolute Gasteiger partial charge is 0.155 e. The van der Waals surface area contributed by atoms with Crippen LogP contribution in [0.4, 0.5) is 10.1 Å². The monoisotopic (exact) mass is 303 g/mol. The van der Waals surface area contributed by atoms with Gasteiger partial charge in [0.1, 0.15) is 18.5 Å². The maximum Gasteiger partial charge on any atom is 0.155 e. The predicted octanol–water partition coefficient (Wildman–Crippen LogP) is 3.07. The third kappa shape index (κ3) is 3.17. The Morgan fingerprint density at radius 2 is 2.14 bits per heavy atom. The van der Waals surface area contributed by atoms with Crippen LogP contribution in [0.1, 0.15) is 5.56 Å². The second-order valence-corrected chi connectivity index (χ2v) is 4.75. The second kappa shape index (κ2) is 5.88. The third-order valence-corrected chi connectivity index (χ3v) is 3.19. The van der Waals surface area contributed by atoms with Gasteiger partial charge in [-0.2, -0.15) is 5.10 Å². The standard InChI is InChI=1S/C14H11ClFN5/c15-12-3-1-10(5-13(12)16)6-18-11-2-4-14(19-7-11)21-9-17-8-20-21/h1-5,7-9,18H,6H2. The SMILES string of the molecule is Fc1cc(CNc2ccc(-n3cncn3)nc2)ccc1Cl. The summed E-state index contributed by atoms with van der Waals surface area (Å²) >= 11 is 5.65. The number of hydrogen-bond donors (Lipinski definition) is 1. The lowest BCUT2D eigenvalue weighted by Crippen LogP contribution is -2.02. The molecule has 1 N–H and O–H groups in total. The van der Waals surface area contributed by atoms with E-state index in [9.17, 15) is 4.39 Å². The van der Waals surface area contributed by atoms with Crippen molar-refractivity contribution in [2.75, 3.05) is 5.32 Å². The number of halogens is 2. The molecule has 0 bridgehead atoms. The highest BCUT2D eigenvalue weighted by Crippen LogP contribution is 2.17. The Kier molecular flexibility index (Phi) is 3.79. The molecule has 2 aromatic heterocycles. The summed E-state index contributed by atoms with van der Waals surface area (Å²) in [6, 6.07) is 8.41. The first kappa shape index (κ1) is 13.5. The molecule has 0 aliphatic rings. The quantitative estimate of drug-likeness (QED) is 0.805. The zero-order chi connectivity index (χ0) is 14.7. The van der Waals surface area contributed by atoms with Crippen LogP contribution in [-0.2, 0) is 6.54 Å². The predicted molar refractivity (Wildman–Crippen MR) is 77.9 cm³/mol. The summed E-state index contributed by atoms with van der Waals surface area (Å²) in [6.45, 7) is 0.485. The van der Waals surface area contributed by atoms with Crippen molar-refractivity contribution in [3.63, 3.8) is 0 Å². The van der Waals surface area contributed by atoms with Gasteiger partial charge in [-0.25, -0.2) is 19.0 Å². The summed E-state index contributed by atoms with van der Waals surface area (Å²) in [5.74, 6) is 0.256. The fraction of sp³-hybridized carbons (Fsp3) is 0.0714. The van der Waals surface area contributed by atoms with E-state index in [4.69, 9.17) is 11.6 Å². The van der Waals surface area contributed by atoms with Crippen molar-refractivity contribution in [1.29, 1.82) is 0 Å². The van der Waals surface area contributed by atoms with Gasteiger partial charge >= 0.3 is 0 Å². The van der Waals surface area contributed by atoms with E-state index in [0.29, 0.717) is 12.4 Å². The number of nitrogens with one attached hydrogen (secondary N) is 1. The lowest BCUT2D eigenvalue weighted by molar-refractivity contribution is 0.626. The Bertz CT molecular complexity index is 728. The molecule has 3 aromatic rings. The fourth-order valence-electron chi connectivity index (χ4n) is 1.81. The number of aromatic nitrogens is 4. The van der Waals surface area contributed by atoms with Gasteiger partial charge in [-0.05, 0) is 29.8 Å². The summed E-state index contributed by atoms with van der Waals surface area (Å²) in [5, 5.41) is 7.28. The molecule has 0 aliphatic heterocycles. The van der Waals surface area contributed by atoms with E-state index < -0.39 is 5.82 Å². The molecule has 106 valence electrons. The van der Waals surface area contributed by atoms with Crippen molar-refractivity contribution in [2.24, 2.45) is 0 Å². The molecule has 0 amide bonds. The number of pyridine rings is 1. The summed E-state index contributed by atoms with van der Waals surface area (Å²) in [6.07, 6.45) is 4.71. The van der Waals surface area contributed by atoms with Crippen LogP contribution in [0.25, 0.3) is 5.82 Å². The van der Waals surface area contributed by atoms with Gasteiger partial charge in [0, 0.05) is 6.54 Å². The third-order valence-electron chi connectivity index (χ3n) is 2.88. The Hall–Kier alpha value is -2.47. The first-order chi connectivity index (χ1) is 10.2. The second-order valence-electron chi connectivity index (χ2n) is 4.35. The van der Waals surface area contributed by atoms with Crippen molar-refractivity contribution in [3.05, 3.63) is 65.6 Å². The van der Waals surface area contributed by atoms with Crippen LogP contribution in [0.5, 0.6) is 0 Å². The van der Waals surface area contributed by atoms with E-state index >= 15 is 0 Å². The molecule has 0 saturated carbocycles. The molecule has 0 radical (unpaired) electrons. The van der Waals surface area contributed by atoms with E-state index in [-0.39, 0.29) is 5.02 Å². The topological polar surface area (TPSA) is 55.6 Å². The zero-order valence-electron chi connectivity index (χ0n) is 10.9. The molecular formula is C14H11ClFN5. The van der Waals surface area contributed by atoms with Gasteiger partial charge in [0.15, 0.2) is 5.82 Å². The highest BCUT2D eigenvalue weighted by molar-refractivity contribution is 6.30. The Balaban J connectivity index is 1.66. The van der Waals surface area contributed by atoms with Gasteiger partial charge in [0.2, 0.25) is 0 Å². The van der Waals surface area contributed by atoms with Gasteiger partial charge < -0.3 is 5.32 Å². The molecule has 7 heteroatoms. The molecule has 0 aliphatic carbocycles. The summed E-state index contributed by atoms with van der Waals surface area (Å²) in [7, 11) is 0. The number of nitrogens with zero attached hydrogens (tertiary/aromatic N) is 4. The molecule has 0 fully saturated rings. The minimum absolute atomic E-state index is 0.123. The van der Waals surface area contributed by atoms with Crippen LogP contribution in [0.15, 0.2) is 49.2 Å². The molecule has 0 unspecified atom stereocenters. The summed E-state index contributed by atoms with van der Waals surface area (Å²) < 4.78 is 14.9. The van der Waals surface area contributed by atoms with Gasteiger partial charge in [-0.1, -0.05) is 17.7 Å². The van der Waals surface area contributed by atoms with Gasteiger partial charge in [-0.3, -0.25) is 0 Å². The van der Waals surface area contributed by atoms with Crippen molar-refractivity contribution < 1.29 is 4.39 Å². The average Bonchev–Trinajstić information content (AvgIpc) is 3.03. The van der Waals surface area contributed by atoms with Crippen LogP contribution >= 0.6 is 11.6 Å². The molecule has 0 saturated heterocycles. The lowest BCUT2D eigenvalue weighted by atomic mass is 10.2. The van der Waals surface area contributed by atoms with E-state index in [1.54, 1.807) is 29.3 Å². The molecule has 21 heavy (non-hydrogen) atoms. The van der Waals surface area contributed by atoms with E-state index in [0.717, 1.165) is 11.3 Å². The molecule has 1 aromatic carbocycles. The number of anilines is 1.